The lowest BCUT2D eigenvalue weighted by Crippen LogP contribution is -2.28. The maximum absolute atomic E-state index is 5.55. The minimum absolute atomic E-state index is 0.588. The molecule has 15 heavy (non-hydrogen) atoms. The second-order valence-corrected chi connectivity index (χ2v) is 3.80. The maximum atomic E-state index is 5.55. The van der Waals surface area contributed by atoms with Crippen LogP contribution in [0.1, 0.15) is 25.8 Å². The normalized spacial score (nSPS) is 12.7. The molecule has 1 unspecified atom stereocenters. The van der Waals surface area contributed by atoms with Gasteiger partial charge in [0.2, 0.25) is 0 Å². The smallest absolute Gasteiger partial charge is 0.0717 e. The molecule has 2 nitrogen and oxygen atoms in total. The largest absolute Gasteiger partial charge is 0.375 e. The SMILES string of the molecule is CCC(C)NCCOCc1ccccc1. The summed E-state index contributed by atoms with van der Waals surface area (Å²) in [4.78, 5) is 0. The van der Waals surface area contributed by atoms with Crippen LogP contribution < -0.4 is 5.32 Å². The first-order valence-electron chi connectivity index (χ1n) is 5.68. The number of nitrogens with one attached hydrogen (secondary N) is 1. The zero-order chi connectivity index (χ0) is 10.9. The second kappa shape index (κ2) is 7.43. The van der Waals surface area contributed by atoms with Crippen molar-refractivity contribution in [3.8, 4) is 0 Å². The maximum Gasteiger partial charge on any atom is 0.0717 e. The Morgan fingerprint density at radius 2 is 2.00 bits per heavy atom. The number of benzene rings is 1. The minimum Gasteiger partial charge on any atom is -0.375 e. The Hall–Kier alpha value is -0.860. The van der Waals surface area contributed by atoms with E-state index in [1.165, 1.54) is 12.0 Å². The zero-order valence-electron chi connectivity index (χ0n) is 9.70. The van der Waals surface area contributed by atoms with E-state index >= 15 is 0 Å². The summed E-state index contributed by atoms with van der Waals surface area (Å²) in [5.41, 5.74) is 1.24. The van der Waals surface area contributed by atoms with Gasteiger partial charge in [-0.3, -0.25) is 0 Å². The van der Waals surface area contributed by atoms with Crippen molar-refractivity contribution in [2.45, 2.75) is 32.9 Å². The fourth-order valence-electron chi connectivity index (χ4n) is 1.29. The molecule has 0 aromatic heterocycles. The first kappa shape index (κ1) is 12.2. The average molecular weight is 207 g/mol. The quantitative estimate of drug-likeness (QED) is 0.694. The van der Waals surface area contributed by atoms with Crippen molar-refractivity contribution in [3.05, 3.63) is 35.9 Å². The van der Waals surface area contributed by atoms with Crippen LogP contribution in [0.15, 0.2) is 30.3 Å². The Morgan fingerprint density at radius 3 is 2.67 bits per heavy atom. The Kier molecular flexibility index (Phi) is 6.05. The van der Waals surface area contributed by atoms with Crippen LogP contribution in [0.2, 0.25) is 0 Å². The van der Waals surface area contributed by atoms with Gasteiger partial charge in [0.25, 0.3) is 0 Å². The van der Waals surface area contributed by atoms with Gasteiger partial charge in [-0.2, -0.15) is 0 Å². The monoisotopic (exact) mass is 207 g/mol. The third kappa shape index (κ3) is 5.55. The van der Waals surface area contributed by atoms with Crippen LogP contribution in [0.4, 0.5) is 0 Å². The molecule has 0 fully saturated rings. The summed E-state index contributed by atoms with van der Waals surface area (Å²) in [6.45, 7) is 6.80. The molecule has 1 N–H and O–H groups in total. The molecule has 0 amide bonds. The minimum atomic E-state index is 0.588. The van der Waals surface area contributed by atoms with Crippen molar-refractivity contribution in [2.24, 2.45) is 0 Å². The van der Waals surface area contributed by atoms with Crippen molar-refractivity contribution in [1.82, 2.24) is 5.32 Å². The molecule has 1 rings (SSSR count). The third-order valence-corrected chi connectivity index (χ3v) is 2.46. The fraction of sp³-hybridized carbons (Fsp3) is 0.538. The fourth-order valence-corrected chi connectivity index (χ4v) is 1.29. The molecule has 2 heteroatoms. The van der Waals surface area contributed by atoms with Crippen LogP contribution in [0.5, 0.6) is 0 Å². The second-order valence-electron chi connectivity index (χ2n) is 3.80. The van der Waals surface area contributed by atoms with Crippen LogP contribution in [0.3, 0.4) is 0 Å². The summed E-state index contributed by atoms with van der Waals surface area (Å²) in [6, 6.07) is 10.9. The van der Waals surface area contributed by atoms with Gasteiger partial charge in [0, 0.05) is 12.6 Å². The summed E-state index contributed by atoms with van der Waals surface area (Å²) >= 11 is 0. The Bertz CT molecular complexity index is 248. The average Bonchev–Trinajstić information content (AvgIpc) is 2.29. The summed E-state index contributed by atoms with van der Waals surface area (Å²) in [7, 11) is 0. The molecule has 84 valence electrons. The molecule has 1 atom stereocenters. The van der Waals surface area contributed by atoms with Gasteiger partial charge in [0.15, 0.2) is 0 Å². The topological polar surface area (TPSA) is 21.3 Å². The van der Waals surface area contributed by atoms with Crippen molar-refractivity contribution >= 4 is 0 Å². The van der Waals surface area contributed by atoms with Crippen LogP contribution in [-0.2, 0) is 11.3 Å². The summed E-state index contributed by atoms with van der Waals surface area (Å²) in [5, 5.41) is 3.39. The van der Waals surface area contributed by atoms with Gasteiger partial charge in [-0.1, -0.05) is 37.3 Å². The molecule has 1 aromatic carbocycles. The first-order valence-corrected chi connectivity index (χ1v) is 5.68. The van der Waals surface area contributed by atoms with E-state index in [-0.39, 0.29) is 0 Å². The Labute approximate surface area is 92.6 Å². The van der Waals surface area contributed by atoms with Gasteiger partial charge in [-0.25, -0.2) is 0 Å². The molecule has 0 heterocycles. The number of hydrogen-bond acceptors (Lipinski definition) is 2. The molecular weight excluding hydrogens is 186 g/mol. The van der Waals surface area contributed by atoms with Crippen molar-refractivity contribution in [1.29, 1.82) is 0 Å². The van der Waals surface area contributed by atoms with Gasteiger partial charge < -0.3 is 10.1 Å². The van der Waals surface area contributed by atoms with E-state index in [0.717, 1.165) is 13.2 Å². The highest BCUT2D eigenvalue weighted by molar-refractivity contribution is 5.13. The van der Waals surface area contributed by atoms with E-state index in [4.69, 9.17) is 4.74 Å². The van der Waals surface area contributed by atoms with Crippen LogP contribution in [0.25, 0.3) is 0 Å². The predicted molar refractivity (Wildman–Crippen MR) is 63.9 cm³/mol. The molecule has 0 spiro atoms. The molecular formula is C13H21NO. The molecule has 0 aliphatic carbocycles. The number of ether oxygens (including phenoxy) is 1. The Balaban J connectivity index is 2.03. The first-order chi connectivity index (χ1) is 7.33. The molecule has 0 aliphatic rings. The lowest BCUT2D eigenvalue weighted by molar-refractivity contribution is 0.121. The molecule has 0 saturated carbocycles. The van der Waals surface area contributed by atoms with E-state index in [2.05, 4.69) is 31.3 Å². The van der Waals surface area contributed by atoms with E-state index in [1.807, 2.05) is 18.2 Å². The molecule has 0 bridgehead atoms. The highest BCUT2D eigenvalue weighted by atomic mass is 16.5. The Morgan fingerprint density at radius 1 is 1.27 bits per heavy atom. The van der Waals surface area contributed by atoms with Crippen LogP contribution >= 0.6 is 0 Å². The van der Waals surface area contributed by atoms with E-state index in [0.29, 0.717) is 12.6 Å². The van der Waals surface area contributed by atoms with Gasteiger partial charge in [0.05, 0.1) is 13.2 Å². The van der Waals surface area contributed by atoms with Crippen molar-refractivity contribution in [3.63, 3.8) is 0 Å². The number of rotatable bonds is 7. The highest BCUT2D eigenvalue weighted by Gasteiger charge is 1.96. The third-order valence-electron chi connectivity index (χ3n) is 2.46. The highest BCUT2D eigenvalue weighted by Crippen LogP contribution is 1.99. The van der Waals surface area contributed by atoms with E-state index < -0.39 is 0 Å². The van der Waals surface area contributed by atoms with Crippen LogP contribution in [0, 0.1) is 0 Å². The molecule has 1 aromatic rings. The summed E-state index contributed by atoms with van der Waals surface area (Å²) in [6.07, 6.45) is 1.17. The summed E-state index contributed by atoms with van der Waals surface area (Å²) < 4.78 is 5.55. The number of hydrogen-bond donors (Lipinski definition) is 1. The van der Waals surface area contributed by atoms with E-state index in [1.54, 1.807) is 0 Å². The predicted octanol–water partition coefficient (Wildman–Crippen LogP) is 2.59. The van der Waals surface area contributed by atoms with Gasteiger partial charge >= 0.3 is 0 Å². The summed E-state index contributed by atoms with van der Waals surface area (Å²) in [5.74, 6) is 0. The van der Waals surface area contributed by atoms with Gasteiger partial charge in [-0.15, -0.1) is 0 Å². The van der Waals surface area contributed by atoms with Crippen LogP contribution in [-0.4, -0.2) is 19.2 Å². The molecule has 0 aliphatic heterocycles. The lowest BCUT2D eigenvalue weighted by atomic mass is 10.2. The van der Waals surface area contributed by atoms with Crippen molar-refractivity contribution in [2.75, 3.05) is 13.2 Å². The zero-order valence-corrected chi connectivity index (χ0v) is 9.70. The standard InChI is InChI=1S/C13H21NO/c1-3-12(2)14-9-10-15-11-13-7-5-4-6-8-13/h4-8,12,14H,3,9-11H2,1-2H3. The van der Waals surface area contributed by atoms with E-state index in [9.17, 15) is 0 Å². The van der Waals surface area contributed by atoms with Crippen molar-refractivity contribution < 1.29 is 4.74 Å². The molecule has 0 radical (unpaired) electrons. The molecule has 0 saturated heterocycles. The van der Waals surface area contributed by atoms with Gasteiger partial charge in [-0.05, 0) is 18.9 Å². The van der Waals surface area contributed by atoms with Gasteiger partial charge in [0.1, 0.15) is 0 Å². The lowest BCUT2D eigenvalue weighted by Gasteiger charge is -2.11.